The molecule has 3 aromatic rings. The van der Waals surface area contributed by atoms with Gasteiger partial charge in [0, 0.05) is 37.1 Å². The average Bonchev–Trinajstić information content (AvgIpc) is 2.90. The molecule has 0 atom stereocenters. The van der Waals surface area contributed by atoms with Crippen molar-refractivity contribution in [1.29, 1.82) is 0 Å². The largest absolute Gasteiger partial charge is 0.497 e. The highest BCUT2D eigenvalue weighted by Crippen LogP contribution is 2.17. The molecule has 1 aromatic heterocycles. The zero-order valence-corrected chi connectivity index (χ0v) is 19.4. The number of carbonyl (C=O) groups excluding carboxylic acids is 3. The van der Waals surface area contributed by atoms with Crippen molar-refractivity contribution >= 4 is 23.5 Å². The molecule has 0 saturated carbocycles. The van der Waals surface area contributed by atoms with Crippen LogP contribution >= 0.6 is 0 Å². The molecule has 1 fully saturated rings. The summed E-state index contributed by atoms with van der Waals surface area (Å²) in [6.07, 6.45) is 4.39. The van der Waals surface area contributed by atoms with Crippen LogP contribution in [0.5, 0.6) is 5.75 Å². The van der Waals surface area contributed by atoms with Crippen molar-refractivity contribution in [2.24, 2.45) is 0 Å². The van der Waals surface area contributed by atoms with Crippen LogP contribution in [0.3, 0.4) is 0 Å². The van der Waals surface area contributed by atoms with Crippen molar-refractivity contribution in [2.75, 3.05) is 25.5 Å². The molecule has 0 aliphatic carbocycles. The van der Waals surface area contributed by atoms with Crippen molar-refractivity contribution in [3.63, 3.8) is 0 Å². The van der Waals surface area contributed by atoms with E-state index in [0.29, 0.717) is 37.9 Å². The fourth-order valence-corrected chi connectivity index (χ4v) is 3.96. The quantitative estimate of drug-likeness (QED) is 0.546. The number of nitrogens with one attached hydrogen (secondary N) is 2. The summed E-state index contributed by atoms with van der Waals surface area (Å²) in [5, 5.41) is 5.63. The third-order valence-electron chi connectivity index (χ3n) is 5.85. The molecule has 4 rings (SSSR count). The van der Waals surface area contributed by atoms with E-state index in [0.717, 1.165) is 11.3 Å². The van der Waals surface area contributed by atoms with E-state index in [1.54, 1.807) is 31.4 Å². The van der Waals surface area contributed by atoms with E-state index in [1.165, 1.54) is 12.4 Å². The van der Waals surface area contributed by atoms with E-state index >= 15 is 0 Å². The predicted molar refractivity (Wildman–Crippen MR) is 130 cm³/mol. The number of benzene rings is 2. The maximum absolute atomic E-state index is 12.9. The third kappa shape index (κ3) is 6.20. The molecule has 2 aromatic carbocycles. The van der Waals surface area contributed by atoms with E-state index in [2.05, 4.69) is 20.6 Å². The number of hydrogen-bond acceptors (Lipinski definition) is 6. The number of likely N-dealkylation sites (tertiary alicyclic amines) is 1. The maximum atomic E-state index is 12.9. The lowest BCUT2D eigenvalue weighted by Gasteiger charge is -2.32. The highest BCUT2D eigenvalue weighted by Gasteiger charge is 2.26. The molecule has 0 spiro atoms. The summed E-state index contributed by atoms with van der Waals surface area (Å²) in [7, 11) is 1.60. The number of nitrogens with zero attached hydrogens (tertiary/aromatic N) is 3. The van der Waals surface area contributed by atoms with Gasteiger partial charge < -0.3 is 20.3 Å². The number of amides is 3. The summed E-state index contributed by atoms with van der Waals surface area (Å²) in [6.45, 7) is 1.09. The third-order valence-corrected chi connectivity index (χ3v) is 5.85. The molecule has 1 saturated heterocycles. The first-order valence-electron chi connectivity index (χ1n) is 11.4. The number of methoxy groups -OCH3 is 1. The van der Waals surface area contributed by atoms with Crippen LogP contribution in [-0.4, -0.2) is 58.8 Å². The summed E-state index contributed by atoms with van der Waals surface area (Å²) in [6, 6.07) is 16.1. The van der Waals surface area contributed by atoms with E-state index in [-0.39, 0.29) is 29.4 Å². The van der Waals surface area contributed by atoms with Gasteiger partial charge >= 0.3 is 0 Å². The standard InChI is InChI=1S/C26H27N5O4/c1-35-21-9-5-6-18(16-21)17-22(32)31-14-10-20(11-15-31)29-26(34)23-24(28-13-12-27-23)30-25(33)19-7-3-2-4-8-19/h2-9,12-13,16,20H,10-11,14-15,17H2,1H3,(H,29,34)(H,28,30,33). The molecular formula is C26H27N5O4. The molecule has 2 N–H and O–H groups in total. The van der Waals surface area contributed by atoms with Crippen LogP contribution in [-0.2, 0) is 11.2 Å². The molecule has 180 valence electrons. The Bertz CT molecular complexity index is 1190. The molecule has 0 unspecified atom stereocenters. The van der Waals surface area contributed by atoms with Crippen molar-refractivity contribution in [3.8, 4) is 5.75 Å². The van der Waals surface area contributed by atoms with Crippen LogP contribution in [0, 0.1) is 0 Å². The van der Waals surface area contributed by atoms with Crippen LogP contribution in [0.4, 0.5) is 5.82 Å². The van der Waals surface area contributed by atoms with Crippen molar-refractivity contribution < 1.29 is 19.1 Å². The molecular weight excluding hydrogens is 446 g/mol. The van der Waals surface area contributed by atoms with Gasteiger partial charge in [-0.3, -0.25) is 14.4 Å². The molecule has 9 nitrogen and oxygen atoms in total. The highest BCUT2D eigenvalue weighted by molar-refractivity contribution is 6.07. The summed E-state index contributed by atoms with van der Waals surface area (Å²) in [5.41, 5.74) is 1.40. The van der Waals surface area contributed by atoms with Crippen molar-refractivity contribution in [1.82, 2.24) is 20.2 Å². The van der Waals surface area contributed by atoms with Gasteiger partial charge in [-0.2, -0.15) is 0 Å². The number of piperidine rings is 1. The normalized spacial score (nSPS) is 13.7. The topological polar surface area (TPSA) is 114 Å². The Kier molecular flexibility index (Phi) is 7.67. The van der Waals surface area contributed by atoms with E-state index in [4.69, 9.17) is 4.74 Å². The lowest BCUT2D eigenvalue weighted by molar-refractivity contribution is -0.131. The summed E-state index contributed by atoms with van der Waals surface area (Å²) >= 11 is 0. The first-order chi connectivity index (χ1) is 17.0. The molecule has 9 heteroatoms. The summed E-state index contributed by atoms with van der Waals surface area (Å²) in [5.74, 6) is 0.0818. The van der Waals surface area contributed by atoms with Crippen LogP contribution in [0.15, 0.2) is 67.0 Å². The second kappa shape index (κ2) is 11.2. The minimum atomic E-state index is -0.414. The van der Waals surface area contributed by atoms with Gasteiger partial charge in [0.15, 0.2) is 11.5 Å². The van der Waals surface area contributed by atoms with Crippen LogP contribution in [0.25, 0.3) is 0 Å². The van der Waals surface area contributed by atoms with Crippen molar-refractivity contribution in [2.45, 2.75) is 25.3 Å². The summed E-state index contributed by atoms with van der Waals surface area (Å²) < 4.78 is 5.22. The molecule has 3 amide bonds. The fraction of sp³-hybridized carbons (Fsp3) is 0.269. The van der Waals surface area contributed by atoms with Gasteiger partial charge in [-0.1, -0.05) is 30.3 Å². The first-order valence-corrected chi connectivity index (χ1v) is 11.4. The van der Waals surface area contributed by atoms with Gasteiger partial charge in [0.05, 0.1) is 13.5 Å². The lowest BCUT2D eigenvalue weighted by Crippen LogP contribution is -2.47. The number of rotatable bonds is 7. The Hall–Kier alpha value is -4.27. The zero-order chi connectivity index (χ0) is 24.6. The second-order valence-electron chi connectivity index (χ2n) is 8.23. The van der Waals surface area contributed by atoms with Crippen LogP contribution < -0.4 is 15.4 Å². The molecule has 1 aliphatic heterocycles. The Morgan fingerprint density at radius 3 is 2.46 bits per heavy atom. The van der Waals surface area contributed by atoms with Gasteiger partial charge in [0.1, 0.15) is 5.75 Å². The number of aromatic nitrogens is 2. The summed E-state index contributed by atoms with van der Waals surface area (Å²) in [4.78, 5) is 48.2. The molecule has 35 heavy (non-hydrogen) atoms. The Morgan fingerprint density at radius 1 is 0.971 bits per heavy atom. The number of anilines is 1. The van der Waals surface area contributed by atoms with Crippen molar-refractivity contribution in [3.05, 3.63) is 83.8 Å². The van der Waals surface area contributed by atoms with Gasteiger partial charge in [-0.25, -0.2) is 9.97 Å². The fourth-order valence-electron chi connectivity index (χ4n) is 3.96. The SMILES string of the molecule is COc1cccc(CC(=O)N2CCC(NC(=O)c3nccnc3NC(=O)c3ccccc3)CC2)c1. The van der Waals surface area contributed by atoms with Gasteiger partial charge in [-0.05, 0) is 42.7 Å². The molecule has 1 aliphatic rings. The van der Waals surface area contributed by atoms with Crippen LogP contribution in [0.2, 0.25) is 0 Å². The van der Waals surface area contributed by atoms with Gasteiger partial charge in [0.2, 0.25) is 5.91 Å². The van der Waals surface area contributed by atoms with E-state index < -0.39 is 5.91 Å². The molecule has 0 bridgehead atoms. The molecule has 2 heterocycles. The Labute approximate surface area is 203 Å². The highest BCUT2D eigenvalue weighted by atomic mass is 16.5. The zero-order valence-electron chi connectivity index (χ0n) is 19.4. The van der Waals surface area contributed by atoms with E-state index in [1.807, 2.05) is 35.2 Å². The monoisotopic (exact) mass is 473 g/mol. The predicted octanol–water partition coefficient (Wildman–Crippen LogP) is 2.70. The minimum absolute atomic E-state index is 0.0443. The van der Waals surface area contributed by atoms with Gasteiger partial charge in [-0.15, -0.1) is 0 Å². The number of hydrogen-bond donors (Lipinski definition) is 2. The number of ether oxygens (including phenoxy) is 1. The lowest BCUT2D eigenvalue weighted by atomic mass is 10.0. The van der Waals surface area contributed by atoms with Gasteiger partial charge in [0.25, 0.3) is 11.8 Å². The number of carbonyl (C=O) groups is 3. The Morgan fingerprint density at radius 2 is 1.71 bits per heavy atom. The average molecular weight is 474 g/mol. The first kappa shape index (κ1) is 23.9. The van der Waals surface area contributed by atoms with E-state index in [9.17, 15) is 14.4 Å². The maximum Gasteiger partial charge on any atom is 0.273 e. The van der Waals surface area contributed by atoms with Crippen LogP contribution in [0.1, 0.15) is 39.3 Å². The second-order valence-corrected chi connectivity index (χ2v) is 8.23. The smallest absolute Gasteiger partial charge is 0.273 e. The minimum Gasteiger partial charge on any atom is -0.497 e. The Balaban J connectivity index is 1.31. The molecule has 0 radical (unpaired) electrons.